The Morgan fingerprint density at radius 1 is 1.33 bits per heavy atom. The van der Waals surface area contributed by atoms with Crippen LogP contribution in [0.15, 0.2) is 18.2 Å². The highest BCUT2D eigenvalue weighted by Crippen LogP contribution is 2.26. The molecular formula is C15H17N3O2S. The van der Waals surface area contributed by atoms with Gasteiger partial charge in [0, 0.05) is 0 Å². The lowest BCUT2D eigenvalue weighted by Crippen LogP contribution is -2.20. The van der Waals surface area contributed by atoms with Gasteiger partial charge < -0.3 is 4.74 Å². The minimum Gasteiger partial charge on any atom is -0.484 e. The molecule has 0 bridgehead atoms. The number of hydrogen-bond acceptors (Lipinski definition) is 5. The predicted octanol–water partition coefficient (Wildman–Crippen LogP) is 2.61. The van der Waals surface area contributed by atoms with E-state index < -0.39 is 0 Å². The van der Waals surface area contributed by atoms with Gasteiger partial charge in [-0.05, 0) is 48.9 Å². The molecule has 1 aromatic heterocycles. The van der Waals surface area contributed by atoms with Crippen molar-refractivity contribution in [3.63, 3.8) is 0 Å². The van der Waals surface area contributed by atoms with Crippen LogP contribution in [-0.4, -0.2) is 22.7 Å². The molecule has 0 saturated heterocycles. The average molecular weight is 303 g/mol. The fourth-order valence-electron chi connectivity index (χ4n) is 2.39. The molecule has 1 amide bonds. The second-order valence-electron chi connectivity index (χ2n) is 4.98. The minimum absolute atomic E-state index is 0.0141. The summed E-state index contributed by atoms with van der Waals surface area (Å²) in [6.45, 7) is 1.99. The first-order valence-electron chi connectivity index (χ1n) is 7.11. The molecule has 0 atom stereocenters. The molecule has 0 saturated carbocycles. The Morgan fingerprint density at radius 2 is 2.19 bits per heavy atom. The van der Waals surface area contributed by atoms with Gasteiger partial charge >= 0.3 is 0 Å². The summed E-state index contributed by atoms with van der Waals surface area (Å²) in [4.78, 5) is 11.8. The molecule has 0 aliphatic heterocycles. The molecule has 110 valence electrons. The van der Waals surface area contributed by atoms with E-state index in [-0.39, 0.29) is 12.5 Å². The summed E-state index contributed by atoms with van der Waals surface area (Å²) >= 11 is 1.39. The maximum atomic E-state index is 11.8. The summed E-state index contributed by atoms with van der Waals surface area (Å²) in [6.07, 6.45) is 4.27. The van der Waals surface area contributed by atoms with Crippen molar-refractivity contribution in [2.75, 3.05) is 11.9 Å². The second kappa shape index (κ2) is 6.22. The fraction of sp³-hybridized carbons (Fsp3) is 0.400. The van der Waals surface area contributed by atoms with Crippen molar-refractivity contribution < 1.29 is 9.53 Å². The molecule has 6 heteroatoms. The molecule has 1 aliphatic rings. The Bertz CT molecular complexity index is 654. The lowest BCUT2D eigenvalue weighted by molar-refractivity contribution is -0.118. The van der Waals surface area contributed by atoms with Gasteiger partial charge in [0.25, 0.3) is 5.91 Å². The number of aryl methyl sites for hydroxylation is 3. The molecule has 1 N–H and O–H groups in total. The molecule has 0 spiro atoms. The Kier molecular flexibility index (Phi) is 4.15. The first kappa shape index (κ1) is 14.0. The van der Waals surface area contributed by atoms with Crippen LogP contribution in [0.25, 0.3) is 0 Å². The number of ether oxygens (including phenoxy) is 1. The Labute approximate surface area is 127 Å². The normalized spacial score (nSPS) is 13.0. The maximum Gasteiger partial charge on any atom is 0.264 e. The van der Waals surface area contributed by atoms with E-state index in [4.69, 9.17) is 4.74 Å². The molecule has 21 heavy (non-hydrogen) atoms. The van der Waals surface area contributed by atoms with Gasteiger partial charge in [-0.25, -0.2) is 0 Å². The molecule has 5 nitrogen and oxygen atoms in total. The molecular weight excluding hydrogens is 286 g/mol. The van der Waals surface area contributed by atoms with Gasteiger partial charge in [-0.3, -0.25) is 10.1 Å². The highest BCUT2D eigenvalue weighted by Gasteiger charge is 2.12. The van der Waals surface area contributed by atoms with E-state index in [1.54, 1.807) is 0 Å². The van der Waals surface area contributed by atoms with Crippen molar-refractivity contribution >= 4 is 22.4 Å². The molecule has 0 unspecified atom stereocenters. The van der Waals surface area contributed by atoms with Gasteiger partial charge in [-0.1, -0.05) is 24.3 Å². The highest BCUT2D eigenvalue weighted by molar-refractivity contribution is 7.15. The number of nitrogens with one attached hydrogen (secondary N) is 1. The summed E-state index contributed by atoms with van der Waals surface area (Å²) in [5.74, 6) is 0.534. The third kappa shape index (κ3) is 3.39. The van der Waals surface area contributed by atoms with E-state index in [0.717, 1.165) is 30.0 Å². The zero-order valence-electron chi connectivity index (χ0n) is 11.9. The average Bonchev–Trinajstić information content (AvgIpc) is 3.13. The van der Waals surface area contributed by atoms with Gasteiger partial charge in [0.1, 0.15) is 10.8 Å². The smallest absolute Gasteiger partial charge is 0.264 e. The van der Waals surface area contributed by atoms with E-state index in [2.05, 4.69) is 21.6 Å². The largest absolute Gasteiger partial charge is 0.484 e. The van der Waals surface area contributed by atoms with Gasteiger partial charge in [0.2, 0.25) is 5.13 Å². The van der Waals surface area contributed by atoms with Crippen molar-refractivity contribution in [3.8, 4) is 5.75 Å². The first-order valence-corrected chi connectivity index (χ1v) is 7.93. The molecule has 1 aliphatic carbocycles. The number of carbonyl (C=O) groups is 1. The topological polar surface area (TPSA) is 64.1 Å². The molecule has 2 aromatic rings. The van der Waals surface area contributed by atoms with Crippen LogP contribution in [0.2, 0.25) is 0 Å². The molecule has 1 aromatic carbocycles. The quantitative estimate of drug-likeness (QED) is 0.922. The summed E-state index contributed by atoms with van der Waals surface area (Å²) in [5, 5.41) is 12.0. The molecule has 1 heterocycles. The van der Waals surface area contributed by atoms with E-state index in [9.17, 15) is 4.79 Å². The van der Waals surface area contributed by atoms with Crippen LogP contribution >= 0.6 is 11.3 Å². The Hall–Kier alpha value is -1.95. The summed E-state index contributed by atoms with van der Waals surface area (Å²) in [6, 6.07) is 6.06. The Morgan fingerprint density at radius 3 is 3.00 bits per heavy atom. The third-order valence-electron chi connectivity index (χ3n) is 3.46. The van der Waals surface area contributed by atoms with Crippen molar-refractivity contribution in [3.05, 3.63) is 34.3 Å². The lowest BCUT2D eigenvalue weighted by atomic mass is 10.1. The van der Waals surface area contributed by atoms with Crippen molar-refractivity contribution in [2.24, 2.45) is 0 Å². The zero-order chi connectivity index (χ0) is 14.7. The van der Waals surface area contributed by atoms with Gasteiger partial charge in [0.15, 0.2) is 6.61 Å². The van der Waals surface area contributed by atoms with Crippen molar-refractivity contribution in [1.82, 2.24) is 10.2 Å². The second-order valence-corrected chi connectivity index (χ2v) is 6.04. The standard InChI is InChI=1S/C15H17N3O2S/c1-2-14-17-18-15(21-14)16-13(19)9-20-12-7-6-10-4-3-5-11(10)8-12/h6-8H,2-5,9H2,1H3,(H,16,18,19). The SMILES string of the molecule is CCc1nnc(NC(=O)COc2ccc3c(c2)CCC3)s1. The number of hydrogen-bond donors (Lipinski definition) is 1. The van der Waals surface area contributed by atoms with Gasteiger partial charge in [-0.2, -0.15) is 0 Å². The van der Waals surface area contributed by atoms with Crippen LogP contribution in [0.1, 0.15) is 29.5 Å². The first-order chi connectivity index (χ1) is 10.2. The summed E-state index contributed by atoms with van der Waals surface area (Å²) < 4.78 is 5.54. The molecule has 0 radical (unpaired) electrons. The maximum absolute atomic E-state index is 11.8. The van der Waals surface area contributed by atoms with E-state index >= 15 is 0 Å². The number of carbonyl (C=O) groups excluding carboxylic acids is 1. The van der Waals surface area contributed by atoms with E-state index in [0.29, 0.717) is 5.13 Å². The lowest BCUT2D eigenvalue weighted by Gasteiger charge is -2.07. The monoisotopic (exact) mass is 303 g/mol. The zero-order valence-corrected chi connectivity index (χ0v) is 12.7. The number of benzene rings is 1. The van der Waals surface area contributed by atoms with Crippen LogP contribution in [0.4, 0.5) is 5.13 Å². The molecule has 0 fully saturated rings. The fourth-order valence-corrected chi connectivity index (χ4v) is 3.08. The van der Waals surface area contributed by atoms with Crippen molar-refractivity contribution in [2.45, 2.75) is 32.6 Å². The van der Waals surface area contributed by atoms with Crippen LogP contribution in [-0.2, 0) is 24.1 Å². The van der Waals surface area contributed by atoms with Gasteiger partial charge in [0.05, 0.1) is 0 Å². The van der Waals surface area contributed by atoms with Crippen LogP contribution in [0.3, 0.4) is 0 Å². The number of nitrogens with zero attached hydrogens (tertiary/aromatic N) is 2. The Balaban J connectivity index is 1.53. The number of rotatable bonds is 5. The summed E-state index contributed by atoms with van der Waals surface area (Å²) in [5.41, 5.74) is 2.73. The highest BCUT2D eigenvalue weighted by atomic mass is 32.1. The van der Waals surface area contributed by atoms with Crippen LogP contribution in [0, 0.1) is 0 Å². The van der Waals surface area contributed by atoms with Crippen molar-refractivity contribution in [1.29, 1.82) is 0 Å². The summed E-state index contributed by atoms with van der Waals surface area (Å²) in [7, 11) is 0. The van der Waals surface area contributed by atoms with Crippen LogP contribution in [0.5, 0.6) is 5.75 Å². The minimum atomic E-state index is -0.214. The number of aromatic nitrogens is 2. The predicted molar refractivity (Wildman–Crippen MR) is 81.9 cm³/mol. The van der Waals surface area contributed by atoms with Gasteiger partial charge in [-0.15, -0.1) is 10.2 Å². The number of amides is 1. The van der Waals surface area contributed by atoms with E-state index in [1.807, 2.05) is 19.1 Å². The van der Waals surface area contributed by atoms with E-state index in [1.165, 1.54) is 28.9 Å². The third-order valence-corrected chi connectivity index (χ3v) is 4.44. The number of fused-ring (bicyclic) bond motifs is 1. The number of anilines is 1. The van der Waals surface area contributed by atoms with Crippen LogP contribution < -0.4 is 10.1 Å². The molecule has 3 rings (SSSR count).